The van der Waals surface area contributed by atoms with Gasteiger partial charge in [-0.25, -0.2) is 0 Å². The van der Waals surface area contributed by atoms with Crippen molar-refractivity contribution in [2.24, 2.45) is 0 Å². The van der Waals surface area contributed by atoms with Gasteiger partial charge in [-0.3, -0.25) is 0 Å². The standard InChI is InChI=1S/C12H17ClO/c1-10(14-2)8-9-12(13)11-6-4-3-5-7-11/h3-7,10,12H,8-9H2,1-2H3. The van der Waals surface area contributed by atoms with E-state index in [2.05, 4.69) is 19.1 Å². The molecule has 1 rings (SSSR count). The maximum Gasteiger partial charge on any atom is 0.0586 e. The normalized spacial score (nSPS) is 15.1. The van der Waals surface area contributed by atoms with Gasteiger partial charge in [0.15, 0.2) is 0 Å². The Bertz CT molecular complexity index is 248. The van der Waals surface area contributed by atoms with Gasteiger partial charge >= 0.3 is 0 Å². The minimum absolute atomic E-state index is 0.105. The van der Waals surface area contributed by atoms with E-state index in [0.29, 0.717) is 6.10 Å². The summed E-state index contributed by atoms with van der Waals surface area (Å²) < 4.78 is 5.18. The molecule has 0 aromatic heterocycles. The Morgan fingerprint density at radius 2 is 1.86 bits per heavy atom. The number of methoxy groups -OCH3 is 1. The second-order valence-corrected chi connectivity index (χ2v) is 4.03. The molecular formula is C12H17ClO. The molecule has 2 unspecified atom stereocenters. The first-order chi connectivity index (χ1) is 6.74. The molecule has 2 atom stereocenters. The lowest BCUT2D eigenvalue weighted by atomic mass is 10.1. The highest BCUT2D eigenvalue weighted by atomic mass is 35.5. The maximum absolute atomic E-state index is 6.25. The van der Waals surface area contributed by atoms with Crippen LogP contribution in [0.2, 0.25) is 0 Å². The Balaban J connectivity index is 2.39. The van der Waals surface area contributed by atoms with Crippen molar-refractivity contribution in [3.63, 3.8) is 0 Å². The lowest BCUT2D eigenvalue weighted by molar-refractivity contribution is 0.109. The first-order valence-corrected chi connectivity index (χ1v) is 5.39. The monoisotopic (exact) mass is 212 g/mol. The number of rotatable bonds is 5. The van der Waals surface area contributed by atoms with Gasteiger partial charge in [0, 0.05) is 7.11 Å². The predicted octanol–water partition coefficient (Wildman–Crippen LogP) is 3.78. The van der Waals surface area contributed by atoms with Crippen LogP contribution in [0.5, 0.6) is 0 Å². The molecule has 0 aliphatic carbocycles. The van der Waals surface area contributed by atoms with Gasteiger partial charge in [-0.05, 0) is 25.3 Å². The molecule has 1 nitrogen and oxygen atoms in total. The summed E-state index contributed by atoms with van der Waals surface area (Å²) in [6.45, 7) is 2.06. The third kappa shape index (κ3) is 3.69. The van der Waals surface area contributed by atoms with E-state index in [9.17, 15) is 0 Å². The average Bonchev–Trinajstić information content (AvgIpc) is 2.26. The molecular weight excluding hydrogens is 196 g/mol. The van der Waals surface area contributed by atoms with Crippen molar-refractivity contribution in [3.8, 4) is 0 Å². The van der Waals surface area contributed by atoms with Gasteiger partial charge in [0.25, 0.3) is 0 Å². The first kappa shape index (κ1) is 11.5. The highest BCUT2D eigenvalue weighted by Crippen LogP contribution is 2.26. The van der Waals surface area contributed by atoms with Crippen LogP contribution in [0.1, 0.15) is 30.7 Å². The summed E-state index contributed by atoms with van der Waals surface area (Å²) in [7, 11) is 1.73. The van der Waals surface area contributed by atoms with Gasteiger partial charge in [-0.1, -0.05) is 30.3 Å². The molecule has 0 saturated heterocycles. The van der Waals surface area contributed by atoms with E-state index >= 15 is 0 Å². The Hall–Kier alpha value is -0.530. The predicted molar refractivity (Wildman–Crippen MR) is 60.7 cm³/mol. The molecule has 0 spiro atoms. The van der Waals surface area contributed by atoms with Gasteiger partial charge in [0.2, 0.25) is 0 Å². The number of benzene rings is 1. The molecule has 0 bridgehead atoms. The zero-order chi connectivity index (χ0) is 10.4. The number of alkyl halides is 1. The van der Waals surface area contributed by atoms with Crippen LogP contribution in [0.3, 0.4) is 0 Å². The van der Waals surface area contributed by atoms with E-state index < -0.39 is 0 Å². The van der Waals surface area contributed by atoms with Crippen LogP contribution in [0, 0.1) is 0 Å². The molecule has 14 heavy (non-hydrogen) atoms. The van der Waals surface area contributed by atoms with Crippen molar-refractivity contribution >= 4 is 11.6 Å². The fourth-order valence-electron chi connectivity index (χ4n) is 1.33. The van der Waals surface area contributed by atoms with Gasteiger partial charge < -0.3 is 4.74 Å². The summed E-state index contributed by atoms with van der Waals surface area (Å²) in [6.07, 6.45) is 2.25. The summed E-state index contributed by atoms with van der Waals surface area (Å²) in [5, 5.41) is 0.105. The van der Waals surface area contributed by atoms with Crippen LogP contribution < -0.4 is 0 Å². The molecule has 1 aromatic rings. The van der Waals surface area contributed by atoms with Crippen LogP contribution >= 0.6 is 11.6 Å². The van der Waals surface area contributed by atoms with Gasteiger partial charge in [0.05, 0.1) is 11.5 Å². The quantitative estimate of drug-likeness (QED) is 0.675. The van der Waals surface area contributed by atoms with E-state index in [0.717, 1.165) is 12.8 Å². The molecule has 0 radical (unpaired) electrons. The molecule has 78 valence electrons. The van der Waals surface area contributed by atoms with Crippen molar-refractivity contribution < 1.29 is 4.74 Å². The molecule has 0 N–H and O–H groups in total. The fraction of sp³-hybridized carbons (Fsp3) is 0.500. The fourth-order valence-corrected chi connectivity index (χ4v) is 1.60. The second kappa shape index (κ2) is 6.05. The second-order valence-electron chi connectivity index (χ2n) is 3.50. The van der Waals surface area contributed by atoms with E-state index in [4.69, 9.17) is 16.3 Å². The Labute approximate surface area is 91.0 Å². The molecule has 0 aliphatic rings. The van der Waals surface area contributed by atoms with Crippen LogP contribution in [-0.2, 0) is 4.74 Å². The average molecular weight is 213 g/mol. The Kier molecular flexibility index (Phi) is 4.99. The third-order valence-corrected chi connectivity index (χ3v) is 2.86. The number of hydrogen-bond donors (Lipinski definition) is 0. The summed E-state index contributed by atoms with van der Waals surface area (Å²) in [4.78, 5) is 0. The van der Waals surface area contributed by atoms with Crippen molar-refractivity contribution in [2.75, 3.05) is 7.11 Å². The SMILES string of the molecule is COC(C)CCC(Cl)c1ccccc1. The zero-order valence-corrected chi connectivity index (χ0v) is 9.50. The lowest BCUT2D eigenvalue weighted by Crippen LogP contribution is -2.05. The Morgan fingerprint density at radius 3 is 2.43 bits per heavy atom. The summed E-state index contributed by atoms with van der Waals surface area (Å²) >= 11 is 6.25. The molecule has 0 heterocycles. The minimum atomic E-state index is 0.105. The van der Waals surface area contributed by atoms with E-state index in [1.807, 2.05) is 18.2 Å². The maximum atomic E-state index is 6.25. The highest BCUT2D eigenvalue weighted by Gasteiger charge is 2.09. The smallest absolute Gasteiger partial charge is 0.0586 e. The van der Waals surface area contributed by atoms with Gasteiger partial charge in [-0.15, -0.1) is 11.6 Å². The minimum Gasteiger partial charge on any atom is -0.382 e. The highest BCUT2D eigenvalue weighted by molar-refractivity contribution is 6.20. The summed E-state index contributed by atoms with van der Waals surface area (Å²) in [5.74, 6) is 0. The zero-order valence-electron chi connectivity index (χ0n) is 8.74. The molecule has 0 amide bonds. The molecule has 1 aromatic carbocycles. The van der Waals surface area contributed by atoms with Crippen molar-refractivity contribution in [2.45, 2.75) is 31.2 Å². The topological polar surface area (TPSA) is 9.23 Å². The van der Waals surface area contributed by atoms with Gasteiger partial charge in [-0.2, -0.15) is 0 Å². The molecule has 0 saturated carbocycles. The first-order valence-electron chi connectivity index (χ1n) is 4.96. The van der Waals surface area contributed by atoms with Crippen molar-refractivity contribution in [1.82, 2.24) is 0 Å². The van der Waals surface area contributed by atoms with Crippen LogP contribution in [0.4, 0.5) is 0 Å². The largest absolute Gasteiger partial charge is 0.382 e. The van der Waals surface area contributed by atoms with Crippen molar-refractivity contribution in [3.05, 3.63) is 35.9 Å². The summed E-state index contributed by atoms with van der Waals surface area (Å²) in [5.41, 5.74) is 1.19. The van der Waals surface area contributed by atoms with Crippen molar-refractivity contribution in [1.29, 1.82) is 0 Å². The Morgan fingerprint density at radius 1 is 1.21 bits per heavy atom. The molecule has 0 fully saturated rings. The molecule has 0 aliphatic heterocycles. The number of halogens is 1. The van der Waals surface area contributed by atoms with Gasteiger partial charge in [0.1, 0.15) is 0 Å². The van der Waals surface area contributed by atoms with Crippen LogP contribution in [-0.4, -0.2) is 13.2 Å². The van der Waals surface area contributed by atoms with E-state index in [1.54, 1.807) is 7.11 Å². The number of ether oxygens (including phenoxy) is 1. The van der Waals surface area contributed by atoms with Crippen LogP contribution in [0.25, 0.3) is 0 Å². The lowest BCUT2D eigenvalue weighted by Gasteiger charge is -2.13. The van der Waals surface area contributed by atoms with E-state index in [1.165, 1.54) is 5.56 Å². The molecule has 2 heteroatoms. The van der Waals surface area contributed by atoms with Crippen LogP contribution in [0.15, 0.2) is 30.3 Å². The van der Waals surface area contributed by atoms with E-state index in [-0.39, 0.29) is 5.38 Å². The summed E-state index contributed by atoms with van der Waals surface area (Å²) in [6, 6.07) is 10.2. The number of hydrogen-bond acceptors (Lipinski definition) is 1. The third-order valence-electron chi connectivity index (χ3n) is 2.39.